The van der Waals surface area contributed by atoms with Crippen molar-refractivity contribution in [3.8, 4) is 0 Å². The van der Waals surface area contributed by atoms with E-state index >= 15 is 0 Å². The van der Waals surface area contributed by atoms with E-state index in [-0.39, 0.29) is 5.54 Å². The number of para-hydroxylation sites is 1. The summed E-state index contributed by atoms with van der Waals surface area (Å²) in [5, 5.41) is 1.19. The molecule has 1 aliphatic carbocycles. The Morgan fingerprint density at radius 3 is 2.62 bits per heavy atom. The third-order valence-corrected chi connectivity index (χ3v) is 7.12. The lowest BCUT2D eigenvalue weighted by Gasteiger charge is -2.37. The number of morpholine rings is 1. The average Bonchev–Trinajstić information content (AvgIpc) is 3.46. The van der Waals surface area contributed by atoms with E-state index in [0.29, 0.717) is 5.92 Å². The molecular formula is C25H28N2O2. The summed E-state index contributed by atoms with van der Waals surface area (Å²) in [4.78, 5) is 5.08. The minimum absolute atomic E-state index is 0.254. The lowest BCUT2D eigenvalue weighted by molar-refractivity contribution is 0.00831. The van der Waals surface area contributed by atoms with Crippen molar-refractivity contribution in [3.05, 3.63) is 71.0 Å². The summed E-state index contributed by atoms with van der Waals surface area (Å²) in [5.41, 5.74) is 5.63. The lowest BCUT2D eigenvalue weighted by Crippen LogP contribution is -2.43. The second-order valence-corrected chi connectivity index (χ2v) is 8.98. The van der Waals surface area contributed by atoms with E-state index in [0.717, 1.165) is 50.7 Å². The molecule has 3 aliphatic rings. The first kappa shape index (κ1) is 17.7. The largest absolute Gasteiger partial charge is 0.460 e. The Labute approximate surface area is 172 Å². The maximum Gasteiger partial charge on any atom is 0.134 e. The van der Waals surface area contributed by atoms with Gasteiger partial charge in [0.1, 0.15) is 11.3 Å². The molecule has 0 N–H and O–H groups in total. The van der Waals surface area contributed by atoms with Crippen molar-refractivity contribution in [2.24, 2.45) is 0 Å². The number of nitrogens with zero attached hydrogens (tertiary/aromatic N) is 2. The molecule has 150 valence electrons. The maximum absolute atomic E-state index is 6.27. The van der Waals surface area contributed by atoms with Crippen molar-refractivity contribution < 1.29 is 9.15 Å². The van der Waals surface area contributed by atoms with Gasteiger partial charge in [-0.05, 0) is 48.7 Å². The molecule has 4 heteroatoms. The molecule has 0 amide bonds. The van der Waals surface area contributed by atoms with Crippen molar-refractivity contribution >= 4 is 11.0 Å². The standard InChI is InChI=1S/C25H28N2O2/c1-26-16-19-14-20(25(8-9-25)27-10-12-28-13-11-27)6-7-21(19)22(17-26)24-15-18-4-2-3-5-23(18)29-24/h2-7,14-15,22H,8-13,16-17H2,1H3. The first-order chi connectivity index (χ1) is 14.2. The maximum atomic E-state index is 6.27. The van der Waals surface area contributed by atoms with E-state index in [1.807, 2.05) is 6.07 Å². The Morgan fingerprint density at radius 1 is 1.00 bits per heavy atom. The minimum Gasteiger partial charge on any atom is -0.460 e. The van der Waals surface area contributed by atoms with Gasteiger partial charge in [0.05, 0.1) is 19.1 Å². The predicted octanol–water partition coefficient (Wildman–Crippen LogP) is 4.33. The highest BCUT2D eigenvalue weighted by molar-refractivity contribution is 5.78. The summed E-state index contributed by atoms with van der Waals surface area (Å²) >= 11 is 0. The number of fused-ring (bicyclic) bond motifs is 2. The second-order valence-electron chi connectivity index (χ2n) is 8.98. The van der Waals surface area contributed by atoms with Crippen LogP contribution in [0.1, 0.15) is 41.2 Å². The fraction of sp³-hybridized carbons (Fsp3) is 0.440. The number of rotatable bonds is 3. The zero-order valence-corrected chi connectivity index (χ0v) is 17.1. The molecular weight excluding hydrogens is 360 g/mol. The molecule has 0 spiro atoms. The highest BCUT2D eigenvalue weighted by atomic mass is 16.5. The van der Waals surface area contributed by atoms with Crippen molar-refractivity contribution in [2.75, 3.05) is 39.9 Å². The monoisotopic (exact) mass is 388 g/mol. The molecule has 29 heavy (non-hydrogen) atoms. The van der Waals surface area contributed by atoms with Crippen LogP contribution in [0.5, 0.6) is 0 Å². The molecule has 2 fully saturated rings. The number of likely N-dealkylation sites (N-methyl/N-ethyl adjacent to an activating group) is 1. The number of benzene rings is 2. The SMILES string of the molecule is CN1Cc2cc(C3(N4CCOCC4)CC3)ccc2C(c2cc3ccccc3o2)C1. The smallest absolute Gasteiger partial charge is 0.134 e. The summed E-state index contributed by atoms with van der Waals surface area (Å²) in [6.45, 7) is 5.85. The molecule has 2 aliphatic heterocycles. The first-order valence-corrected chi connectivity index (χ1v) is 10.9. The van der Waals surface area contributed by atoms with Crippen LogP contribution in [0.2, 0.25) is 0 Å². The quantitative estimate of drug-likeness (QED) is 0.668. The fourth-order valence-electron chi connectivity index (χ4n) is 5.45. The number of hydrogen-bond acceptors (Lipinski definition) is 4. The normalized spacial score (nSPS) is 24.5. The molecule has 1 unspecified atom stereocenters. The van der Waals surface area contributed by atoms with Gasteiger partial charge in [0, 0.05) is 37.1 Å². The van der Waals surface area contributed by atoms with Gasteiger partial charge >= 0.3 is 0 Å². The Balaban J connectivity index is 1.37. The van der Waals surface area contributed by atoms with Crippen molar-refractivity contribution in [1.82, 2.24) is 9.80 Å². The van der Waals surface area contributed by atoms with Gasteiger partial charge in [-0.2, -0.15) is 0 Å². The lowest BCUT2D eigenvalue weighted by atomic mass is 9.85. The van der Waals surface area contributed by atoms with Crippen LogP contribution in [-0.2, 0) is 16.8 Å². The van der Waals surface area contributed by atoms with Crippen LogP contribution in [0, 0.1) is 0 Å². The molecule has 0 radical (unpaired) electrons. The second kappa shape index (κ2) is 6.69. The van der Waals surface area contributed by atoms with Crippen LogP contribution in [0.25, 0.3) is 11.0 Å². The summed E-state index contributed by atoms with van der Waals surface area (Å²) in [7, 11) is 2.22. The molecule has 2 aromatic carbocycles. The molecule has 6 rings (SSSR count). The third kappa shape index (κ3) is 2.93. The minimum atomic E-state index is 0.254. The van der Waals surface area contributed by atoms with E-state index in [9.17, 15) is 0 Å². The van der Waals surface area contributed by atoms with Crippen LogP contribution in [0.4, 0.5) is 0 Å². The van der Waals surface area contributed by atoms with Gasteiger partial charge < -0.3 is 14.1 Å². The Morgan fingerprint density at radius 2 is 1.83 bits per heavy atom. The molecule has 1 saturated carbocycles. The van der Waals surface area contributed by atoms with E-state index in [1.165, 1.54) is 34.9 Å². The summed E-state index contributed by atoms with van der Waals surface area (Å²) in [5.74, 6) is 1.38. The molecule has 1 aromatic heterocycles. The predicted molar refractivity (Wildman–Crippen MR) is 114 cm³/mol. The number of furan rings is 1. The first-order valence-electron chi connectivity index (χ1n) is 10.9. The van der Waals surface area contributed by atoms with Crippen molar-refractivity contribution in [2.45, 2.75) is 30.8 Å². The third-order valence-electron chi connectivity index (χ3n) is 7.12. The summed E-state index contributed by atoms with van der Waals surface area (Å²) in [6, 6.07) is 17.8. The highest BCUT2D eigenvalue weighted by Gasteiger charge is 2.49. The van der Waals surface area contributed by atoms with Gasteiger partial charge in [-0.15, -0.1) is 0 Å². The average molecular weight is 389 g/mol. The van der Waals surface area contributed by atoms with Crippen molar-refractivity contribution in [3.63, 3.8) is 0 Å². The zero-order valence-electron chi connectivity index (χ0n) is 17.1. The van der Waals surface area contributed by atoms with Crippen LogP contribution in [-0.4, -0.2) is 49.7 Å². The van der Waals surface area contributed by atoms with E-state index in [2.05, 4.69) is 59.3 Å². The summed E-state index contributed by atoms with van der Waals surface area (Å²) < 4.78 is 11.9. The number of hydrogen-bond donors (Lipinski definition) is 0. The fourth-order valence-corrected chi connectivity index (χ4v) is 5.45. The highest BCUT2D eigenvalue weighted by Crippen LogP contribution is 2.52. The van der Waals surface area contributed by atoms with Crippen LogP contribution in [0.15, 0.2) is 52.9 Å². The van der Waals surface area contributed by atoms with Gasteiger partial charge in [0.25, 0.3) is 0 Å². The van der Waals surface area contributed by atoms with Gasteiger partial charge in [0.15, 0.2) is 0 Å². The molecule has 1 atom stereocenters. The van der Waals surface area contributed by atoms with Crippen LogP contribution < -0.4 is 0 Å². The topological polar surface area (TPSA) is 28.9 Å². The van der Waals surface area contributed by atoms with Gasteiger partial charge in [-0.1, -0.05) is 36.4 Å². The molecule has 4 nitrogen and oxygen atoms in total. The zero-order chi connectivity index (χ0) is 19.4. The van der Waals surface area contributed by atoms with Crippen LogP contribution in [0.3, 0.4) is 0 Å². The Kier molecular flexibility index (Phi) is 4.09. The van der Waals surface area contributed by atoms with E-state index in [1.54, 1.807) is 0 Å². The van der Waals surface area contributed by atoms with E-state index < -0.39 is 0 Å². The van der Waals surface area contributed by atoms with E-state index in [4.69, 9.17) is 9.15 Å². The van der Waals surface area contributed by atoms with Crippen molar-refractivity contribution in [1.29, 1.82) is 0 Å². The van der Waals surface area contributed by atoms with Gasteiger partial charge in [-0.3, -0.25) is 4.90 Å². The van der Waals surface area contributed by atoms with Crippen LogP contribution >= 0.6 is 0 Å². The molecule has 0 bridgehead atoms. The molecule has 3 heterocycles. The Bertz CT molecular complexity index is 1010. The van der Waals surface area contributed by atoms with Gasteiger partial charge in [-0.25, -0.2) is 0 Å². The molecule has 3 aromatic rings. The Hall–Kier alpha value is -2.14. The summed E-state index contributed by atoms with van der Waals surface area (Å²) in [6.07, 6.45) is 2.54. The van der Waals surface area contributed by atoms with Gasteiger partial charge in [0.2, 0.25) is 0 Å². The molecule has 1 saturated heterocycles. The number of ether oxygens (including phenoxy) is 1.